The van der Waals surface area contributed by atoms with Gasteiger partial charge >= 0.3 is 0 Å². The van der Waals surface area contributed by atoms with Crippen molar-refractivity contribution in [3.8, 4) is 0 Å². The summed E-state index contributed by atoms with van der Waals surface area (Å²) in [5.74, 6) is 0. The van der Waals surface area contributed by atoms with Crippen LogP contribution in [0, 0.1) is 13.8 Å². The molecule has 0 aliphatic heterocycles. The zero-order valence-corrected chi connectivity index (χ0v) is 34.2. The van der Waals surface area contributed by atoms with Gasteiger partial charge in [0.2, 0.25) is 0 Å². The van der Waals surface area contributed by atoms with Crippen LogP contribution in [0.2, 0.25) is 0 Å². The lowest BCUT2D eigenvalue weighted by molar-refractivity contribution is 0.669. The summed E-state index contributed by atoms with van der Waals surface area (Å²) in [5.41, 5.74) is 12.2. The summed E-state index contributed by atoms with van der Waals surface area (Å²) < 4.78 is 13.6. The number of anilines is 6. The first-order valence-electron chi connectivity index (χ1n) is 21.3. The SMILES string of the molecule is Cc1cc(N(c2ccccc2)c2cccc3c2oc2ccccc23)c2c3ccccc3c3c(N(c4ccccc4)c4cccc5c4oc4ccccc45)cc(C)c4ccc1c2c43. The second-order valence-corrected chi connectivity index (χ2v) is 16.5. The number of rotatable bonds is 6. The molecule has 0 spiro atoms. The number of nitrogens with zero attached hydrogens (tertiary/aromatic N) is 2. The molecule has 13 rings (SSSR count). The molecular weight excluding hydrogens is 757 g/mol. The van der Waals surface area contributed by atoms with Gasteiger partial charge in [-0.05, 0) is 107 Å². The Morgan fingerprint density at radius 2 is 0.661 bits per heavy atom. The van der Waals surface area contributed by atoms with Crippen molar-refractivity contribution < 1.29 is 8.83 Å². The van der Waals surface area contributed by atoms with Crippen LogP contribution in [0.5, 0.6) is 0 Å². The minimum atomic E-state index is 0.863. The highest BCUT2D eigenvalue weighted by Gasteiger charge is 2.28. The van der Waals surface area contributed by atoms with Crippen LogP contribution < -0.4 is 9.80 Å². The standard InChI is InChI=1S/C58H38N2O2/c1-35-33-49(59(37-17-5-3-6-18-37)47-27-15-25-45-41-21-11-13-29-51(41)61-57(45)47)53-43-23-9-10-24-44(43)54-50(34-36(2)40-32-31-39(35)55(53)56(40)54)60(38-19-7-4-8-20-38)48-28-16-26-46-42-22-12-14-30-52(42)62-58(46)48/h3-34H,1-2H3. The highest BCUT2D eigenvalue weighted by atomic mass is 16.3. The molecule has 2 aromatic heterocycles. The highest BCUT2D eigenvalue weighted by molar-refractivity contribution is 6.39. The van der Waals surface area contributed by atoms with E-state index in [1.54, 1.807) is 0 Å². The van der Waals surface area contributed by atoms with Gasteiger partial charge in [0.1, 0.15) is 11.2 Å². The Morgan fingerprint density at radius 3 is 1.10 bits per heavy atom. The summed E-state index contributed by atoms with van der Waals surface area (Å²) in [6.07, 6.45) is 0. The van der Waals surface area contributed by atoms with E-state index in [9.17, 15) is 0 Å². The largest absolute Gasteiger partial charge is 0.454 e. The van der Waals surface area contributed by atoms with Crippen molar-refractivity contribution in [2.45, 2.75) is 13.8 Å². The van der Waals surface area contributed by atoms with E-state index < -0.39 is 0 Å². The second kappa shape index (κ2) is 13.2. The molecule has 0 fully saturated rings. The monoisotopic (exact) mass is 794 g/mol. The van der Waals surface area contributed by atoms with Crippen molar-refractivity contribution in [3.05, 3.63) is 205 Å². The van der Waals surface area contributed by atoms with Gasteiger partial charge in [0, 0.05) is 54.5 Å². The Hall–Kier alpha value is -8.08. The molecule has 0 amide bonds. The molecule has 292 valence electrons. The Kier molecular flexibility index (Phi) is 7.40. The highest BCUT2D eigenvalue weighted by Crippen LogP contribution is 2.54. The normalized spacial score (nSPS) is 12.0. The van der Waals surface area contributed by atoms with E-state index in [1.165, 1.54) is 54.2 Å². The molecular formula is C58H38N2O2. The zero-order valence-electron chi connectivity index (χ0n) is 34.2. The summed E-state index contributed by atoms with van der Waals surface area (Å²) in [6, 6.07) is 69.7. The number of furan rings is 2. The molecule has 0 atom stereocenters. The second-order valence-electron chi connectivity index (χ2n) is 16.5. The molecule has 0 N–H and O–H groups in total. The Bertz CT molecular complexity index is 3640. The maximum Gasteiger partial charge on any atom is 0.159 e. The van der Waals surface area contributed by atoms with Crippen LogP contribution in [-0.2, 0) is 0 Å². The first-order valence-corrected chi connectivity index (χ1v) is 21.3. The average Bonchev–Trinajstić information content (AvgIpc) is 3.90. The average molecular weight is 795 g/mol. The third-order valence-corrected chi connectivity index (χ3v) is 13.0. The number of benzene rings is 11. The third-order valence-electron chi connectivity index (χ3n) is 13.0. The number of para-hydroxylation sites is 6. The Morgan fingerprint density at radius 1 is 0.290 bits per heavy atom. The lowest BCUT2D eigenvalue weighted by Gasteiger charge is -2.31. The van der Waals surface area contributed by atoms with Gasteiger partial charge in [-0.25, -0.2) is 0 Å². The lowest BCUT2D eigenvalue weighted by Crippen LogP contribution is -2.13. The van der Waals surface area contributed by atoms with Crippen molar-refractivity contribution in [2.24, 2.45) is 0 Å². The summed E-state index contributed by atoms with van der Waals surface area (Å²) in [5, 5.41) is 14.2. The number of aryl methyl sites for hydroxylation is 2. The van der Waals surface area contributed by atoms with E-state index in [0.29, 0.717) is 0 Å². The zero-order chi connectivity index (χ0) is 41.1. The van der Waals surface area contributed by atoms with Gasteiger partial charge in [0.15, 0.2) is 11.2 Å². The molecule has 0 radical (unpaired) electrons. The molecule has 2 heterocycles. The Balaban J connectivity index is 1.19. The molecule has 0 saturated carbocycles. The lowest BCUT2D eigenvalue weighted by atomic mass is 9.84. The summed E-state index contributed by atoms with van der Waals surface area (Å²) in [4.78, 5) is 4.84. The van der Waals surface area contributed by atoms with Gasteiger partial charge in [0.05, 0.1) is 22.7 Å². The van der Waals surface area contributed by atoms with Crippen LogP contribution >= 0.6 is 0 Å². The fourth-order valence-electron chi connectivity index (χ4n) is 10.3. The topological polar surface area (TPSA) is 32.8 Å². The fourth-order valence-corrected chi connectivity index (χ4v) is 10.3. The van der Waals surface area contributed by atoms with Crippen LogP contribution in [0.4, 0.5) is 34.1 Å². The maximum atomic E-state index is 6.79. The molecule has 0 saturated heterocycles. The summed E-state index contributed by atoms with van der Waals surface area (Å²) in [7, 11) is 0. The van der Waals surface area contributed by atoms with E-state index in [4.69, 9.17) is 8.83 Å². The van der Waals surface area contributed by atoms with E-state index in [2.05, 4.69) is 206 Å². The van der Waals surface area contributed by atoms with E-state index in [1.807, 2.05) is 12.1 Å². The minimum absolute atomic E-state index is 0.863. The molecule has 0 aliphatic rings. The summed E-state index contributed by atoms with van der Waals surface area (Å²) >= 11 is 0. The van der Waals surface area contributed by atoms with Gasteiger partial charge in [0.25, 0.3) is 0 Å². The number of fused-ring (bicyclic) bond motifs is 9. The first-order chi connectivity index (χ1) is 30.6. The molecule has 0 unspecified atom stereocenters. The number of hydrogen-bond acceptors (Lipinski definition) is 4. The van der Waals surface area contributed by atoms with Crippen molar-refractivity contribution in [3.63, 3.8) is 0 Å². The van der Waals surface area contributed by atoms with Crippen LogP contribution in [0.1, 0.15) is 11.1 Å². The molecule has 13 aromatic rings. The van der Waals surface area contributed by atoms with Gasteiger partial charge in [-0.2, -0.15) is 0 Å². The fraction of sp³-hybridized carbons (Fsp3) is 0.0345. The van der Waals surface area contributed by atoms with Gasteiger partial charge in [-0.3, -0.25) is 0 Å². The van der Waals surface area contributed by atoms with Crippen molar-refractivity contribution in [2.75, 3.05) is 9.80 Å². The third kappa shape index (κ3) is 4.89. The Labute approximate surface area is 357 Å². The summed E-state index contributed by atoms with van der Waals surface area (Å²) in [6.45, 7) is 4.52. The van der Waals surface area contributed by atoms with E-state index >= 15 is 0 Å². The van der Waals surface area contributed by atoms with Crippen LogP contribution in [0.25, 0.3) is 87.0 Å². The smallest absolute Gasteiger partial charge is 0.159 e. The minimum Gasteiger partial charge on any atom is -0.454 e. The van der Waals surface area contributed by atoms with Crippen LogP contribution in [0.15, 0.2) is 203 Å². The molecule has 11 aromatic carbocycles. The molecule has 0 aliphatic carbocycles. The molecule has 0 bridgehead atoms. The quantitative estimate of drug-likeness (QED) is 0.124. The van der Waals surface area contributed by atoms with Crippen LogP contribution in [0.3, 0.4) is 0 Å². The van der Waals surface area contributed by atoms with Crippen molar-refractivity contribution >= 4 is 121 Å². The van der Waals surface area contributed by atoms with Crippen LogP contribution in [-0.4, -0.2) is 0 Å². The molecule has 62 heavy (non-hydrogen) atoms. The molecule has 4 nitrogen and oxygen atoms in total. The predicted octanol–water partition coefficient (Wildman–Crippen LogP) is 17.1. The van der Waals surface area contributed by atoms with Crippen molar-refractivity contribution in [1.29, 1.82) is 0 Å². The van der Waals surface area contributed by atoms with Gasteiger partial charge in [-0.15, -0.1) is 0 Å². The number of hydrogen-bond donors (Lipinski definition) is 0. The maximum absolute atomic E-state index is 6.79. The van der Waals surface area contributed by atoms with Crippen molar-refractivity contribution in [1.82, 2.24) is 0 Å². The van der Waals surface area contributed by atoms with Gasteiger partial charge in [-0.1, -0.05) is 133 Å². The van der Waals surface area contributed by atoms with Gasteiger partial charge < -0.3 is 18.6 Å². The first kappa shape index (κ1) is 34.8. The van der Waals surface area contributed by atoms with E-state index in [0.717, 1.165) is 78.0 Å². The van der Waals surface area contributed by atoms with E-state index in [-0.39, 0.29) is 0 Å². The molecule has 4 heteroatoms. The predicted molar refractivity (Wildman–Crippen MR) is 261 cm³/mol.